The number of aromatic nitrogens is 6. The fraction of sp³-hybridized carbons (Fsp3) is 0.0588. The SMILES string of the molecule is c1coc(-c2ncnc3c2nnn3Cc2cc3ccccc3[nH]2)c1. The maximum Gasteiger partial charge on any atom is 0.182 e. The van der Waals surface area contributed by atoms with Gasteiger partial charge in [0, 0.05) is 11.2 Å². The molecule has 7 heteroatoms. The van der Waals surface area contributed by atoms with E-state index in [-0.39, 0.29) is 0 Å². The second kappa shape index (κ2) is 5.02. The standard InChI is InChI=1S/C17H12N6O/c1-2-5-13-11(4-1)8-12(20-13)9-23-17-16(21-22-23)15(18-10-19-17)14-6-3-7-24-14/h1-8,10,20H,9H2. The van der Waals surface area contributed by atoms with Crippen molar-refractivity contribution in [2.45, 2.75) is 6.54 Å². The first kappa shape index (κ1) is 13.0. The number of fused-ring (bicyclic) bond motifs is 2. The highest BCUT2D eigenvalue weighted by Gasteiger charge is 2.15. The van der Waals surface area contributed by atoms with Crippen LogP contribution in [-0.2, 0) is 6.54 Å². The number of hydrogen-bond acceptors (Lipinski definition) is 5. The molecular weight excluding hydrogens is 304 g/mol. The van der Waals surface area contributed by atoms with E-state index in [4.69, 9.17) is 4.42 Å². The van der Waals surface area contributed by atoms with Gasteiger partial charge in [-0.1, -0.05) is 23.4 Å². The zero-order chi connectivity index (χ0) is 15.9. The third kappa shape index (κ3) is 1.98. The summed E-state index contributed by atoms with van der Waals surface area (Å²) in [6.45, 7) is 0.555. The van der Waals surface area contributed by atoms with Crippen molar-refractivity contribution in [3.63, 3.8) is 0 Å². The van der Waals surface area contributed by atoms with Gasteiger partial charge in [0.2, 0.25) is 0 Å². The number of benzene rings is 1. The minimum absolute atomic E-state index is 0.555. The molecule has 7 nitrogen and oxygen atoms in total. The van der Waals surface area contributed by atoms with E-state index in [1.807, 2.05) is 24.3 Å². The molecule has 116 valence electrons. The highest BCUT2D eigenvalue weighted by Crippen LogP contribution is 2.24. The van der Waals surface area contributed by atoms with Crippen molar-refractivity contribution in [3.05, 3.63) is 60.7 Å². The molecule has 0 fully saturated rings. The van der Waals surface area contributed by atoms with Crippen molar-refractivity contribution in [3.8, 4) is 11.5 Å². The minimum atomic E-state index is 0.555. The van der Waals surface area contributed by atoms with Crippen molar-refractivity contribution in [2.24, 2.45) is 0 Å². The third-order valence-electron chi connectivity index (χ3n) is 3.96. The van der Waals surface area contributed by atoms with Crippen LogP contribution in [0.15, 0.2) is 59.5 Å². The summed E-state index contributed by atoms with van der Waals surface area (Å²) in [6.07, 6.45) is 3.11. The highest BCUT2D eigenvalue weighted by molar-refractivity contribution is 5.84. The van der Waals surface area contributed by atoms with E-state index in [0.717, 1.165) is 11.2 Å². The number of nitrogens with one attached hydrogen (secondary N) is 1. The first-order chi connectivity index (χ1) is 11.9. The van der Waals surface area contributed by atoms with Crippen molar-refractivity contribution in [1.82, 2.24) is 29.9 Å². The molecule has 4 aromatic heterocycles. The topological polar surface area (TPSA) is 85.4 Å². The van der Waals surface area contributed by atoms with Crippen LogP contribution in [0.2, 0.25) is 0 Å². The van der Waals surface area contributed by atoms with Crippen LogP contribution in [0.5, 0.6) is 0 Å². The first-order valence-corrected chi connectivity index (χ1v) is 7.53. The van der Waals surface area contributed by atoms with Crippen molar-refractivity contribution < 1.29 is 4.42 Å². The maximum absolute atomic E-state index is 5.42. The lowest BCUT2D eigenvalue weighted by atomic mass is 10.2. The molecule has 1 aromatic carbocycles. The summed E-state index contributed by atoms with van der Waals surface area (Å²) in [5.74, 6) is 0.653. The van der Waals surface area contributed by atoms with E-state index < -0.39 is 0 Å². The fourth-order valence-corrected chi connectivity index (χ4v) is 2.87. The Bertz CT molecular complexity index is 1110. The van der Waals surface area contributed by atoms with Crippen LogP contribution in [0.4, 0.5) is 0 Å². The zero-order valence-corrected chi connectivity index (χ0v) is 12.5. The van der Waals surface area contributed by atoms with Gasteiger partial charge in [0.25, 0.3) is 0 Å². The van der Waals surface area contributed by atoms with Crippen LogP contribution in [0.25, 0.3) is 33.5 Å². The number of rotatable bonds is 3. The highest BCUT2D eigenvalue weighted by atomic mass is 16.3. The maximum atomic E-state index is 5.42. The number of para-hydroxylation sites is 1. The van der Waals surface area contributed by atoms with Gasteiger partial charge in [-0.2, -0.15) is 0 Å². The quantitative estimate of drug-likeness (QED) is 0.553. The Morgan fingerprint density at radius 2 is 2.04 bits per heavy atom. The monoisotopic (exact) mass is 316 g/mol. The van der Waals surface area contributed by atoms with Crippen molar-refractivity contribution in [1.29, 1.82) is 0 Å². The average Bonchev–Trinajstić information content (AvgIpc) is 3.34. The van der Waals surface area contributed by atoms with E-state index in [2.05, 4.69) is 43.5 Å². The van der Waals surface area contributed by atoms with E-state index in [0.29, 0.717) is 29.2 Å². The third-order valence-corrected chi connectivity index (χ3v) is 3.96. The summed E-state index contributed by atoms with van der Waals surface area (Å²) in [5.41, 5.74) is 4.09. The van der Waals surface area contributed by atoms with Crippen LogP contribution in [-0.4, -0.2) is 29.9 Å². The van der Waals surface area contributed by atoms with Gasteiger partial charge in [-0.3, -0.25) is 0 Å². The molecule has 0 unspecified atom stereocenters. The second-order valence-electron chi connectivity index (χ2n) is 5.50. The lowest BCUT2D eigenvalue weighted by Crippen LogP contribution is -2.03. The molecule has 4 heterocycles. The Labute approximate surface area is 136 Å². The van der Waals surface area contributed by atoms with Gasteiger partial charge in [0.15, 0.2) is 16.9 Å². The Balaban J connectivity index is 1.59. The van der Waals surface area contributed by atoms with Crippen LogP contribution in [0.3, 0.4) is 0 Å². The Hall–Kier alpha value is -3.48. The molecule has 0 aliphatic heterocycles. The number of hydrogen-bond donors (Lipinski definition) is 1. The summed E-state index contributed by atoms with van der Waals surface area (Å²) in [6, 6.07) is 13.9. The van der Waals surface area contributed by atoms with E-state index >= 15 is 0 Å². The number of furan rings is 1. The first-order valence-electron chi connectivity index (χ1n) is 7.53. The molecular formula is C17H12N6O. The van der Waals surface area contributed by atoms with Crippen LogP contribution in [0.1, 0.15) is 5.69 Å². The molecule has 0 spiro atoms. The number of nitrogens with zero attached hydrogens (tertiary/aromatic N) is 5. The van der Waals surface area contributed by atoms with E-state index in [1.165, 1.54) is 11.7 Å². The van der Waals surface area contributed by atoms with Crippen molar-refractivity contribution in [2.75, 3.05) is 0 Å². The van der Waals surface area contributed by atoms with Gasteiger partial charge in [0.1, 0.15) is 12.0 Å². The molecule has 0 bridgehead atoms. The van der Waals surface area contributed by atoms with Gasteiger partial charge < -0.3 is 9.40 Å². The molecule has 5 rings (SSSR count). The summed E-state index contributed by atoms with van der Waals surface area (Å²) in [5, 5.41) is 9.64. The molecule has 0 saturated carbocycles. The lowest BCUT2D eigenvalue weighted by molar-refractivity contribution is 0.580. The van der Waals surface area contributed by atoms with Gasteiger partial charge in [-0.15, -0.1) is 5.10 Å². The van der Waals surface area contributed by atoms with E-state index in [1.54, 1.807) is 10.9 Å². The molecule has 0 saturated heterocycles. The molecule has 0 aliphatic rings. The van der Waals surface area contributed by atoms with Crippen molar-refractivity contribution >= 4 is 22.1 Å². The predicted octanol–water partition coefficient (Wildman–Crippen LogP) is 3.01. The van der Waals surface area contributed by atoms with Crippen LogP contribution in [0, 0.1) is 0 Å². The molecule has 5 aromatic rings. The normalized spacial score (nSPS) is 11.5. The minimum Gasteiger partial charge on any atom is -0.463 e. The van der Waals surface area contributed by atoms with Gasteiger partial charge in [-0.05, 0) is 29.7 Å². The predicted molar refractivity (Wildman–Crippen MR) is 88.2 cm³/mol. The van der Waals surface area contributed by atoms with Crippen LogP contribution >= 0.6 is 0 Å². The molecule has 1 N–H and O–H groups in total. The molecule has 0 radical (unpaired) electrons. The zero-order valence-electron chi connectivity index (χ0n) is 12.5. The largest absolute Gasteiger partial charge is 0.463 e. The molecule has 24 heavy (non-hydrogen) atoms. The molecule has 0 atom stereocenters. The Kier molecular flexibility index (Phi) is 2.72. The Morgan fingerprint density at radius 1 is 1.08 bits per heavy atom. The Morgan fingerprint density at radius 3 is 2.92 bits per heavy atom. The lowest BCUT2D eigenvalue weighted by Gasteiger charge is -2.00. The fourth-order valence-electron chi connectivity index (χ4n) is 2.87. The second-order valence-corrected chi connectivity index (χ2v) is 5.50. The summed E-state index contributed by atoms with van der Waals surface area (Å²) in [7, 11) is 0. The summed E-state index contributed by atoms with van der Waals surface area (Å²) < 4.78 is 7.18. The molecule has 0 aliphatic carbocycles. The van der Waals surface area contributed by atoms with Gasteiger partial charge >= 0.3 is 0 Å². The number of aromatic amines is 1. The van der Waals surface area contributed by atoms with E-state index in [9.17, 15) is 0 Å². The van der Waals surface area contributed by atoms with Gasteiger partial charge in [0.05, 0.1) is 12.8 Å². The summed E-state index contributed by atoms with van der Waals surface area (Å²) >= 11 is 0. The van der Waals surface area contributed by atoms with Crippen LogP contribution < -0.4 is 0 Å². The number of H-pyrrole nitrogens is 1. The smallest absolute Gasteiger partial charge is 0.182 e. The molecule has 0 amide bonds. The summed E-state index contributed by atoms with van der Waals surface area (Å²) in [4.78, 5) is 12.0. The van der Waals surface area contributed by atoms with Gasteiger partial charge in [-0.25, -0.2) is 14.6 Å². The average molecular weight is 316 g/mol.